The number of carbonyl (C=O) groups excluding carboxylic acids is 1. The van der Waals surface area contributed by atoms with Crippen molar-refractivity contribution in [2.45, 2.75) is 18.9 Å². The summed E-state index contributed by atoms with van der Waals surface area (Å²) in [5, 5.41) is 0. The number of hydrogen-bond acceptors (Lipinski definition) is 9. The number of aromatic nitrogens is 3. The average molecular weight is 557 g/mol. The Morgan fingerprint density at radius 3 is 1.85 bits per heavy atom. The van der Waals surface area contributed by atoms with Gasteiger partial charge in [-0.25, -0.2) is 0 Å². The normalized spacial score (nSPS) is 18.7. The van der Waals surface area contributed by atoms with Gasteiger partial charge in [-0.1, -0.05) is 18.2 Å². The zero-order valence-electron chi connectivity index (χ0n) is 24.0. The molecule has 3 aliphatic heterocycles. The third-order valence-corrected chi connectivity index (χ3v) is 8.20. The molecule has 41 heavy (non-hydrogen) atoms. The van der Waals surface area contributed by atoms with E-state index in [-0.39, 0.29) is 5.91 Å². The number of nitrogens with zero attached hydrogens (tertiary/aromatic N) is 7. The van der Waals surface area contributed by atoms with Crippen LogP contribution in [0.25, 0.3) is 22.5 Å². The van der Waals surface area contributed by atoms with Gasteiger partial charge in [0, 0.05) is 56.4 Å². The Balaban J connectivity index is 1.18. The first kappa shape index (κ1) is 27.6. The summed E-state index contributed by atoms with van der Waals surface area (Å²) in [5.74, 6) is 2.05. The van der Waals surface area contributed by atoms with E-state index in [2.05, 4.69) is 40.9 Å². The average Bonchev–Trinajstić information content (AvgIpc) is 3.05. The molecule has 10 heteroatoms. The van der Waals surface area contributed by atoms with Crippen LogP contribution < -0.4 is 9.80 Å². The van der Waals surface area contributed by atoms with Crippen LogP contribution in [-0.2, 0) is 9.47 Å². The number of anilines is 2. The summed E-state index contributed by atoms with van der Waals surface area (Å²) in [6.45, 7) is 7.26. The molecule has 0 unspecified atom stereocenters. The third kappa shape index (κ3) is 6.34. The molecule has 1 aromatic heterocycles. The van der Waals surface area contributed by atoms with Crippen molar-refractivity contribution in [3.63, 3.8) is 0 Å². The first-order valence-corrected chi connectivity index (χ1v) is 14.5. The minimum atomic E-state index is 0.109. The molecular formula is C31H38N7O3. The van der Waals surface area contributed by atoms with E-state index in [0.29, 0.717) is 50.2 Å². The van der Waals surface area contributed by atoms with E-state index in [4.69, 9.17) is 24.4 Å². The van der Waals surface area contributed by atoms with E-state index in [0.717, 1.165) is 74.4 Å². The number of amides is 1. The van der Waals surface area contributed by atoms with E-state index in [9.17, 15) is 4.79 Å². The van der Waals surface area contributed by atoms with Gasteiger partial charge in [0.05, 0.1) is 26.4 Å². The van der Waals surface area contributed by atoms with Crippen LogP contribution in [0.1, 0.15) is 23.2 Å². The minimum absolute atomic E-state index is 0.109. The predicted octanol–water partition coefficient (Wildman–Crippen LogP) is 2.85. The van der Waals surface area contributed by atoms with E-state index in [1.807, 2.05) is 41.3 Å². The van der Waals surface area contributed by atoms with Gasteiger partial charge in [-0.05, 0) is 68.4 Å². The Hall–Kier alpha value is -3.60. The summed E-state index contributed by atoms with van der Waals surface area (Å²) < 4.78 is 11.1. The SMILES string of the molecule is CN(C)C1CCN(C(=O)c2ccc(-c3c[c]c(-c4nc(N5CCOCC5)nc(N5CCOCC5)n4)cc3)cc2)CC1. The molecule has 1 amide bonds. The van der Waals surface area contributed by atoms with Gasteiger partial charge in [0.15, 0.2) is 5.82 Å². The molecular weight excluding hydrogens is 518 g/mol. The topological polar surface area (TPSA) is 87.2 Å². The fourth-order valence-corrected chi connectivity index (χ4v) is 5.60. The third-order valence-electron chi connectivity index (χ3n) is 8.20. The van der Waals surface area contributed by atoms with Crippen molar-refractivity contribution in [3.05, 3.63) is 54.1 Å². The molecule has 1 radical (unpaired) electrons. The molecule has 0 atom stereocenters. The van der Waals surface area contributed by atoms with Crippen LogP contribution in [0.2, 0.25) is 0 Å². The van der Waals surface area contributed by atoms with Crippen LogP contribution >= 0.6 is 0 Å². The van der Waals surface area contributed by atoms with Crippen LogP contribution in [0, 0.1) is 6.07 Å². The fourth-order valence-electron chi connectivity index (χ4n) is 5.60. The van der Waals surface area contributed by atoms with Crippen LogP contribution in [-0.4, -0.2) is 116 Å². The summed E-state index contributed by atoms with van der Waals surface area (Å²) in [6.07, 6.45) is 2.03. The van der Waals surface area contributed by atoms with Gasteiger partial charge < -0.3 is 29.1 Å². The van der Waals surface area contributed by atoms with Crippen LogP contribution in [0.4, 0.5) is 11.9 Å². The predicted molar refractivity (Wildman–Crippen MR) is 158 cm³/mol. The molecule has 3 fully saturated rings. The van der Waals surface area contributed by atoms with Crippen molar-refractivity contribution < 1.29 is 14.3 Å². The zero-order chi connectivity index (χ0) is 28.2. The molecule has 3 aromatic rings. The maximum absolute atomic E-state index is 13.1. The lowest BCUT2D eigenvalue weighted by Gasteiger charge is -2.35. The van der Waals surface area contributed by atoms with Crippen LogP contribution in [0.15, 0.2) is 42.5 Å². The number of likely N-dealkylation sites (tertiary alicyclic amines) is 1. The lowest BCUT2D eigenvalue weighted by atomic mass is 10.0. The number of rotatable bonds is 6. The van der Waals surface area contributed by atoms with Crippen molar-refractivity contribution in [1.82, 2.24) is 24.8 Å². The number of hydrogen-bond donors (Lipinski definition) is 0. The summed E-state index contributed by atoms with van der Waals surface area (Å²) >= 11 is 0. The molecule has 10 nitrogen and oxygen atoms in total. The zero-order valence-corrected chi connectivity index (χ0v) is 24.0. The monoisotopic (exact) mass is 556 g/mol. The first-order valence-electron chi connectivity index (χ1n) is 14.5. The number of morpholine rings is 2. The van der Waals surface area contributed by atoms with Crippen molar-refractivity contribution in [1.29, 1.82) is 0 Å². The second kappa shape index (κ2) is 12.5. The Labute approximate surface area is 241 Å². The quantitative estimate of drug-likeness (QED) is 0.455. The highest BCUT2D eigenvalue weighted by molar-refractivity contribution is 5.94. The molecule has 215 valence electrons. The second-order valence-electron chi connectivity index (χ2n) is 11.0. The highest BCUT2D eigenvalue weighted by Crippen LogP contribution is 2.27. The minimum Gasteiger partial charge on any atom is -0.378 e. The van der Waals surface area contributed by atoms with Gasteiger partial charge in [-0.3, -0.25) is 4.79 Å². The lowest BCUT2D eigenvalue weighted by Crippen LogP contribution is -2.44. The van der Waals surface area contributed by atoms with Crippen molar-refractivity contribution in [3.8, 4) is 22.5 Å². The van der Waals surface area contributed by atoms with Gasteiger partial charge in [0.25, 0.3) is 5.91 Å². The molecule has 6 rings (SSSR count). The highest BCUT2D eigenvalue weighted by atomic mass is 16.5. The van der Waals surface area contributed by atoms with Crippen molar-refractivity contribution in [2.75, 3.05) is 89.6 Å². The molecule has 0 N–H and O–H groups in total. The van der Waals surface area contributed by atoms with Crippen molar-refractivity contribution >= 4 is 17.8 Å². The standard InChI is InChI=1S/C31H38N7O3/c1-35(2)27-11-13-36(14-12-27)29(39)26-9-5-24(6-10-26)23-3-7-25(8-4-23)28-32-30(37-15-19-40-20-16-37)34-31(33-28)38-17-21-41-22-18-38/h3-7,9-10,27H,11-22H2,1-2H3. The fraction of sp³-hybridized carbons (Fsp3) is 0.484. The molecule has 2 aromatic carbocycles. The largest absolute Gasteiger partial charge is 0.378 e. The summed E-state index contributed by atoms with van der Waals surface area (Å²) in [7, 11) is 4.22. The Kier molecular flexibility index (Phi) is 8.41. The number of carbonyl (C=O) groups is 1. The van der Waals surface area contributed by atoms with Gasteiger partial charge >= 0.3 is 0 Å². The van der Waals surface area contributed by atoms with E-state index in [1.165, 1.54) is 0 Å². The Morgan fingerprint density at radius 2 is 1.34 bits per heavy atom. The maximum atomic E-state index is 13.1. The van der Waals surface area contributed by atoms with Crippen LogP contribution in [0.3, 0.4) is 0 Å². The second-order valence-corrected chi connectivity index (χ2v) is 11.0. The molecule has 3 saturated heterocycles. The van der Waals surface area contributed by atoms with Gasteiger partial charge in [-0.15, -0.1) is 0 Å². The van der Waals surface area contributed by atoms with E-state index >= 15 is 0 Å². The molecule has 0 spiro atoms. The smallest absolute Gasteiger partial charge is 0.253 e. The maximum Gasteiger partial charge on any atom is 0.253 e. The number of benzene rings is 2. The molecule has 0 aliphatic carbocycles. The summed E-state index contributed by atoms with van der Waals surface area (Å²) in [6, 6.07) is 17.9. The Morgan fingerprint density at radius 1 is 0.780 bits per heavy atom. The lowest BCUT2D eigenvalue weighted by molar-refractivity contribution is 0.0663. The van der Waals surface area contributed by atoms with Gasteiger partial charge in [0.2, 0.25) is 11.9 Å². The molecule has 0 saturated carbocycles. The Bertz CT molecular complexity index is 1280. The van der Waals surface area contributed by atoms with Gasteiger partial charge in [-0.2, -0.15) is 15.0 Å². The van der Waals surface area contributed by atoms with Crippen molar-refractivity contribution in [2.24, 2.45) is 0 Å². The van der Waals surface area contributed by atoms with Gasteiger partial charge in [0.1, 0.15) is 0 Å². The number of ether oxygens (including phenoxy) is 2. The van der Waals surface area contributed by atoms with E-state index in [1.54, 1.807) is 0 Å². The summed E-state index contributed by atoms with van der Waals surface area (Å²) in [4.78, 5) is 36.1. The molecule has 3 aliphatic rings. The summed E-state index contributed by atoms with van der Waals surface area (Å²) in [5.41, 5.74) is 3.60. The first-order chi connectivity index (χ1) is 20.0. The number of piperidine rings is 1. The van der Waals surface area contributed by atoms with Crippen LogP contribution in [0.5, 0.6) is 0 Å². The van der Waals surface area contributed by atoms with E-state index < -0.39 is 0 Å². The molecule has 0 bridgehead atoms. The molecule has 4 heterocycles. The highest BCUT2D eigenvalue weighted by Gasteiger charge is 2.25.